The van der Waals surface area contributed by atoms with Crippen molar-refractivity contribution in [2.45, 2.75) is 6.54 Å². The van der Waals surface area contributed by atoms with E-state index in [-0.39, 0.29) is 19.1 Å². The third-order valence-corrected chi connectivity index (χ3v) is 4.85. The summed E-state index contributed by atoms with van der Waals surface area (Å²) >= 11 is 0. The number of hydrogen-bond donors (Lipinski definition) is 2. The van der Waals surface area contributed by atoms with Gasteiger partial charge in [0.15, 0.2) is 0 Å². The normalized spacial score (nSPS) is 10.9. The standard InChI is InChI=1S/C24H22N2O2/c27-15-13-25-24(28)22-9-5-4-8-21(22)19-10-11-23-20(16-19)12-14-26(23)17-18-6-2-1-3-7-18/h1-12,14,16,27H,13,15,17H2,(H,25,28). The van der Waals surface area contributed by atoms with Crippen LogP contribution >= 0.6 is 0 Å². The van der Waals surface area contributed by atoms with Crippen LogP contribution in [0.3, 0.4) is 0 Å². The van der Waals surface area contributed by atoms with E-state index in [1.54, 1.807) is 0 Å². The van der Waals surface area contributed by atoms with Crippen molar-refractivity contribution in [2.75, 3.05) is 13.2 Å². The van der Waals surface area contributed by atoms with Crippen molar-refractivity contribution < 1.29 is 9.90 Å². The van der Waals surface area contributed by atoms with Crippen molar-refractivity contribution in [2.24, 2.45) is 0 Å². The topological polar surface area (TPSA) is 54.3 Å². The van der Waals surface area contributed by atoms with Crippen LogP contribution in [-0.2, 0) is 6.54 Å². The van der Waals surface area contributed by atoms with Gasteiger partial charge in [-0.15, -0.1) is 0 Å². The Balaban J connectivity index is 1.67. The van der Waals surface area contributed by atoms with Gasteiger partial charge in [-0.05, 0) is 41.0 Å². The molecule has 0 atom stereocenters. The smallest absolute Gasteiger partial charge is 0.251 e. The molecule has 0 aliphatic carbocycles. The third kappa shape index (κ3) is 3.68. The molecule has 0 fully saturated rings. The largest absolute Gasteiger partial charge is 0.395 e. The first kappa shape index (κ1) is 18.0. The number of rotatable bonds is 6. The molecule has 1 amide bonds. The summed E-state index contributed by atoms with van der Waals surface area (Å²) in [6.07, 6.45) is 2.10. The minimum atomic E-state index is -0.175. The average molecular weight is 370 g/mol. The predicted octanol–water partition coefficient (Wildman–Crippen LogP) is 4.08. The van der Waals surface area contributed by atoms with E-state index in [0.29, 0.717) is 5.56 Å². The molecule has 1 heterocycles. The number of nitrogens with zero attached hydrogens (tertiary/aromatic N) is 1. The van der Waals surface area contributed by atoms with Gasteiger partial charge in [0.1, 0.15) is 0 Å². The van der Waals surface area contributed by atoms with Gasteiger partial charge in [-0.25, -0.2) is 0 Å². The lowest BCUT2D eigenvalue weighted by atomic mass is 9.98. The van der Waals surface area contributed by atoms with Gasteiger partial charge >= 0.3 is 0 Å². The summed E-state index contributed by atoms with van der Waals surface area (Å²) in [5.74, 6) is -0.175. The number of amides is 1. The number of fused-ring (bicyclic) bond motifs is 1. The zero-order valence-electron chi connectivity index (χ0n) is 15.5. The molecular weight excluding hydrogens is 348 g/mol. The first-order chi connectivity index (χ1) is 13.8. The fraction of sp³-hybridized carbons (Fsp3) is 0.125. The van der Waals surface area contributed by atoms with Crippen LogP contribution in [0.2, 0.25) is 0 Å². The lowest BCUT2D eigenvalue weighted by molar-refractivity contribution is 0.0945. The number of benzene rings is 3. The highest BCUT2D eigenvalue weighted by Gasteiger charge is 2.13. The molecule has 2 N–H and O–H groups in total. The second-order valence-corrected chi connectivity index (χ2v) is 6.73. The third-order valence-electron chi connectivity index (χ3n) is 4.85. The van der Waals surface area contributed by atoms with Crippen LogP contribution in [0.25, 0.3) is 22.0 Å². The minimum absolute atomic E-state index is 0.0746. The van der Waals surface area contributed by atoms with Crippen LogP contribution in [0, 0.1) is 0 Å². The van der Waals surface area contributed by atoms with E-state index in [0.717, 1.165) is 28.6 Å². The maximum absolute atomic E-state index is 12.4. The number of aliphatic hydroxyl groups is 1. The molecule has 4 rings (SSSR count). The quantitative estimate of drug-likeness (QED) is 0.537. The Morgan fingerprint density at radius 3 is 2.54 bits per heavy atom. The summed E-state index contributed by atoms with van der Waals surface area (Å²) < 4.78 is 2.23. The Labute approximate surface area is 164 Å². The molecule has 0 bridgehead atoms. The molecule has 4 nitrogen and oxygen atoms in total. The fourth-order valence-corrected chi connectivity index (χ4v) is 3.48. The average Bonchev–Trinajstić information content (AvgIpc) is 3.14. The van der Waals surface area contributed by atoms with Crippen LogP contribution in [0.15, 0.2) is 85.1 Å². The van der Waals surface area contributed by atoms with Crippen LogP contribution in [0.5, 0.6) is 0 Å². The van der Waals surface area contributed by atoms with Crippen LogP contribution in [0.1, 0.15) is 15.9 Å². The van der Waals surface area contributed by atoms with Crippen molar-refractivity contribution in [1.29, 1.82) is 0 Å². The lowest BCUT2D eigenvalue weighted by Gasteiger charge is -2.11. The van der Waals surface area contributed by atoms with Gasteiger partial charge in [-0.3, -0.25) is 4.79 Å². The Hall–Kier alpha value is -3.37. The Kier molecular flexibility index (Phi) is 5.22. The lowest BCUT2D eigenvalue weighted by Crippen LogP contribution is -2.26. The second kappa shape index (κ2) is 8.11. The Bertz CT molecular complexity index is 1100. The number of hydrogen-bond acceptors (Lipinski definition) is 2. The molecule has 4 heteroatoms. The van der Waals surface area contributed by atoms with E-state index in [9.17, 15) is 4.79 Å². The van der Waals surface area contributed by atoms with Crippen LogP contribution in [0.4, 0.5) is 0 Å². The van der Waals surface area contributed by atoms with Crippen LogP contribution in [-0.4, -0.2) is 28.7 Å². The number of carbonyl (C=O) groups is 1. The van der Waals surface area contributed by atoms with Crippen LogP contribution < -0.4 is 5.32 Å². The monoisotopic (exact) mass is 370 g/mol. The predicted molar refractivity (Wildman–Crippen MR) is 112 cm³/mol. The van der Waals surface area contributed by atoms with E-state index in [2.05, 4.69) is 64.6 Å². The van der Waals surface area contributed by atoms with E-state index in [4.69, 9.17) is 5.11 Å². The Morgan fingerprint density at radius 2 is 1.71 bits per heavy atom. The molecule has 0 unspecified atom stereocenters. The highest BCUT2D eigenvalue weighted by molar-refractivity contribution is 6.01. The minimum Gasteiger partial charge on any atom is -0.395 e. The van der Waals surface area contributed by atoms with Crippen molar-refractivity contribution in [3.8, 4) is 11.1 Å². The summed E-state index contributed by atoms with van der Waals surface area (Å²) in [5.41, 5.74) is 4.92. The highest BCUT2D eigenvalue weighted by Crippen LogP contribution is 2.28. The molecule has 0 radical (unpaired) electrons. The van der Waals surface area contributed by atoms with E-state index in [1.807, 2.05) is 30.3 Å². The zero-order chi connectivity index (χ0) is 19.3. The molecule has 0 saturated carbocycles. The van der Waals surface area contributed by atoms with E-state index < -0.39 is 0 Å². The van der Waals surface area contributed by atoms with Gasteiger partial charge in [0.2, 0.25) is 0 Å². The number of carbonyl (C=O) groups excluding carboxylic acids is 1. The second-order valence-electron chi connectivity index (χ2n) is 6.73. The van der Waals surface area contributed by atoms with E-state index >= 15 is 0 Å². The van der Waals surface area contributed by atoms with Crippen molar-refractivity contribution in [3.63, 3.8) is 0 Å². The summed E-state index contributed by atoms with van der Waals surface area (Å²) in [4.78, 5) is 12.4. The van der Waals surface area contributed by atoms with Gasteiger partial charge in [0.05, 0.1) is 6.61 Å². The van der Waals surface area contributed by atoms with Crippen molar-refractivity contribution in [1.82, 2.24) is 9.88 Å². The van der Waals surface area contributed by atoms with Gasteiger partial charge in [-0.2, -0.15) is 0 Å². The van der Waals surface area contributed by atoms with E-state index in [1.165, 1.54) is 5.56 Å². The molecule has 1 aromatic heterocycles. The molecule has 4 aromatic rings. The number of nitrogens with one attached hydrogen (secondary N) is 1. The fourth-order valence-electron chi connectivity index (χ4n) is 3.48. The summed E-state index contributed by atoms with van der Waals surface area (Å²) in [6.45, 7) is 0.993. The van der Waals surface area contributed by atoms with Gasteiger partial charge < -0.3 is 15.0 Å². The summed E-state index contributed by atoms with van der Waals surface area (Å²) in [6, 6.07) is 26.3. The molecule has 0 aliphatic rings. The molecule has 28 heavy (non-hydrogen) atoms. The zero-order valence-corrected chi connectivity index (χ0v) is 15.5. The number of aromatic nitrogens is 1. The maximum atomic E-state index is 12.4. The molecule has 0 saturated heterocycles. The summed E-state index contributed by atoms with van der Waals surface area (Å²) in [5, 5.41) is 12.8. The first-order valence-electron chi connectivity index (χ1n) is 9.37. The molecule has 0 spiro atoms. The maximum Gasteiger partial charge on any atom is 0.251 e. The highest BCUT2D eigenvalue weighted by atomic mass is 16.3. The van der Waals surface area contributed by atoms with Crippen molar-refractivity contribution in [3.05, 3.63) is 96.2 Å². The molecule has 0 aliphatic heterocycles. The molecular formula is C24H22N2O2. The van der Waals surface area contributed by atoms with Gasteiger partial charge in [-0.1, -0.05) is 54.6 Å². The number of aliphatic hydroxyl groups excluding tert-OH is 1. The molecule has 140 valence electrons. The van der Waals surface area contributed by atoms with Gasteiger partial charge in [0, 0.05) is 35.8 Å². The van der Waals surface area contributed by atoms with Crippen molar-refractivity contribution >= 4 is 16.8 Å². The Morgan fingerprint density at radius 1 is 0.929 bits per heavy atom. The first-order valence-corrected chi connectivity index (χ1v) is 9.37. The molecule has 3 aromatic carbocycles. The summed E-state index contributed by atoms with van der Waals surface area (Å²) in [7, 11) is 0. The van der Waals surface area contributed by atoms with Gasteiger partial charge in [0.25, 0.3) is 5.91 Å². The SMILES string of the molecule is O=C(NCCO)c1ccccc1-c1ccc2c(ccn2Cc2ccccc2)c1.